The first-order valence-electron chi connectivity index (χ1n) is 7.96. The van der Waals surface area contributed by atoms with Crippen LogP contribution in [-0.2, 0) is 9.59 Å². The average molecular weight is 325 g/mol. The maximum absolute atomic E-state index is 11.7. The van der Waals surface area contributed by atoms with E-state index in [0.29, 0.717) is 19.4 Å². The number of nitrogens with zero attached hydrogens (tertiary/aromatic N) is 1. The third kappa shape index (κ3) is 6.02. The van der Waals surface area contributed by atoms with Gasteiger partial charge in [0.25, 0.3) is 0 Å². The summed E-state index contributed by atoms with van der Waals surface area (Å²) < 4.78 is 0. The van der Waals surface area contributed by atoms with Crippen LogP contribution in [0.5, 0.6) is 0 Å². The molecule has 0 saturated heterocycles. The van der Waals surface area contributed by atoms with Gasteiger partial charge in [0.2, 0.25) is 6.41 Å². The van der Waals surface area contributed by atoms with Crippen LogP contribution < -0.4 is 10.6 Å². The number of unbranched alkanes of at least 4 members (excludes halogenated alkanes) is 2. The van der Waals surface area contributed by atoms with Gasteiger partial charge >= 0.3 is 6.03 Å². The van der Waals surface area contributed by atoms with Crippen LogP contribution in [0.4, 0.5) is 4.79 Å². The van der Waals surface area contributed by atoms with Crippen molar-refractivity contribution in [1.82, 2.24) is 15.5 Å². The predicted octanol–water partition coefficient (Wildman–Crippen LogP) is 0.439. The van der Waals surface area contributed by atoms with E-state index in [1.54, 1.807) is 18.9 Å². The second-order valence-electron chi connectivity index (χ2n) is 6.11. The van der Waals surface area contributed by atoms with Gasteiger partial charge in [-0.25, -0.2) is 4.79 Å². The Hall–Kier alpha value is -1.89. The highest BCUT2D eigenvalue weighted by Gasteiger charge is 2.52. The summed E-state index contributed by atoms with van der Waals surface area (Å²) in [5.74, 6) is 0.0959. The lowest BCUT2D eigenvalue weighted by Crippen LogP contribution is -2.43. The first kappa shape index (κ1) is 19.2. The molecule has 1 saturated carbocycles. The van der Waals surface area contributed by atoms with Crippen LogP contribution in [0, 0.1) is 5.92 Å². The molecule has 0 aromatic rings. The Labute approximate surface area is 137 Å². The molecule has 0 heterocycles. The summed E-state index contributed by atoms with van der Waals surface area (Å²) in [5, 5.41) is 14.1. The lowest BCUT2D eigenvalue weighted by molar-refractivity contribution is -0.116. The molecule has 0 unspecified atom stereocenters. The van der Waals surface area contributed by atoms with Crippen molar-refractivity contribution < 1.29 is 19.5 Å². The summed E-state index contributed by atoms with van der Waals surface area (Å²) in [6, 6.07) is -0.430. The molecule has 1 fully saturated rings. The molecule has 0 aromatic carbocycles. The van der Waals surface area contributed by atoms with Crippen LogP contribution in [0.15, 0.2) is 12.2 Å². The number of nitrogens with one attached hydrogen (secondary N) is 2. The minimum Gasteiger partial charge on any atom is -0.394 e. The summed E-state index contributed by atoms with van der Waals surface area (Å²) in [6.45, 7) is 2.31. The maximum Gasteiger partial charge on any atom is 0.317 e. The van der Waals surface area contributed by atoms with Crippen LogP contribution in [0.2, 0.25) is 0 Å². The average Bonchev–Trinajstić information content (AvgIpc) is 3.23. The van der Waals surface area contributed by atoms with Gasteiger partial charge in [-0.1, -0.05) is 12.2 Å². The molecular weight excluding hydrogens is 298 g/mol. The van der Waals surface area contributed by atoms with Crippen LogP contribution in [0.1, 0.15) is 32.6 Å². The van der Waals surface area contributed by atoms with E-state index in [2.05, 4.69) is 10.6 Å². The number of rotatable bonds is 11. The first-order chi connectivity index (χ1) is 11.0. The van der Waals surface area contributed by atoms with Crippen molar-refractivity contribution in [3.05, 3.63) is 12.2 Å². The zero-order valence-electron chi connectivity index (χ0n) is 13.8. The highest BCUT2D eigenvalue weighted by Crippen LogP contribution is 2.42. The molecule has 23 heavy (non-hydrogen) atoms. The van der Waals surface area contributed by atoms with Crippen molar-refractivity contribution in [2.24, 2.45) is 5.92 Å². The van der Waals surface area contributed by atoms with Crippen LogP contribution >= 0.6 is 0 Å². The standard InChI is InChI=1S/C16H27N3O4/c1-13(10-20)18-15(23)19(2)8-6-4-3-5-7-14-9-16(14,11-21)17-12-22/h5,7,11-14,20H,3-4,6,8-10H2,1-2H3,(H,17,22)(H,18,23)/b7-5-/t13-,14-,16+/m1/s1. The van der Waals surface area contributed by atoms with E-state index < -0.39 is 5.54 Å². The fourth-order valence-corrected chi connectivity index (χ4v) is 2.33. The van der Waals surface area contributed by atoms with Crippen LogP contribution in [0.3, 0.4) is 0 Å². The van der Waals surface area contributed by atoms with Crippen LogP contribution in [0.25, 0.3) is 0 Å². The van der Waals surface area contributed by atoms with Gasteiger partial charge in [-0.05, 0) is 32.6 Å². The molecule has 7 heteroatoms. The number of carbonyl (C=O) groups excluding carboxylic acids is 3. The number of urea groups is 1. The fourth-order valence-electron chi connectivity index (χ4n) is 2.33. The first-order valence-corrected chi connectivity index (χ1v) is 7.96. The summed E-state index contributed by atoms with van der Waals surface area (Å²) in [7, 11) is 1.73. The fraction of sp³-hybridized carbons (Fsp3) is 0.688. The second-order valence-corrected chi connectivity index (χ2v) is 6.11. The van der Waals surface area contributed by atoms with Gasteiger partial charge in [0, 0.05) is 19.5 Å². The third-order valence-electron chi connectivity index (χ3n) is 4.07. The number of hydrogen-bond donors (Lipinski definition) is 3. The van der Waals surface area contributed by atoms with Gasteiger partial charge in [0.05, 0.1) is 12.6 Å². The molecule has 3 atom stereocenters. The van der Waals surface area contributed by atoms with Crippen LogP contribution in [-0.4, -0.2) is 60.5 Å². The van der Waals surface area contributed by atoms with Gasteiger partial charge in [0.1, 0.15) is 11.8 Å². The zero-order valence-corrected chi connectivity index (χ0v) is 13.8. The Morgan fingerprint density at radius 1 is 1.43 bits per heavy atom. The number of aliphatic hydroxyl groups excluding tert-OH is 1. The van der Waals surface area contributed by atoms with E-state index in [1.165, 1.54) is 0 Å². The SMILES string of the molecule is C[C@H](CO)NC(=O)N(C)CCCC/C=C\[C@@H]1C[C@@]1(C=O)NC=O. The number of aliphatic hydroxyl groups is 1. The van der Waals surface area contributed by atoms with Crippen molar-refractivity contribution in [3.8, 4) is 0 Å². The molecule has 0 aromatic heterocycles. The molecule has 3 N–H and O–H groups in total. The molecule has 0 radical (unpaired) electrons. The Balaban J connectivity index is 2.14. The Kier molecular flexibility index (Phi) is 7.74. The molecule has 130 valence electrons. The number of amides is 3. The molecule has 3 amide bonds. The highest BCUT2D eigenvalue weighted by molar-refractivity contribution is 5.75. The van der Waals surface area contributed by atoms with E-state index in [9.17, 15) is 14.4 Å². The maximum atomic E-state index is 11.7. The van der Waals surface area contributed by atoms with Gasteiger partial charge in [-0.2, -0.15) is 0 Å². The summed E-state index contributed by atoms with van der Waals surface area (Å²) in [4.78, 5) is 34.7. The van der Waals surface area contributed by atoms with E-state index in [1.807, 2.05) is 12.2 Å². The van der Waals surface area contributed by atoms with E-state index in [4.69, 9.17) is 5.11 Å². The van der Waals surface area contributed by atoms with Gasteiger partial charge in [0.15, 0.2) is 0 Å². The van der Waals surface area contributed by atoms with Crippen molar-refractivity contribution in [1.29, 1.82) is 0 Å². The summed E-state index contributed by atoms with van der Waals surface area (Å²) >= 11 is 0. The second kappa shape index (κ2) is 9.29. The highest BCUT2D eigenvalue weighted by atomic mass is 16.3. The molecule has 7 nitrogen and oxygen atoms in total. The number of carbonyl (C=O) groups is 3. The minimum absolute atomic E-state index is 0.0766. The Morgan fingerprint density at radius 3 is 2.78 bits per heavy atom. The summed E-state index contributed by atoms with van der Waals surface area (Å²) in [5.41, 5.74) is -0.681. The van der Waals surface area contributed by atoms with E-state index in [-0.39, 0.29) is 24.6 Å². The molecule has 0 bridgehead atoms. The molecule has 1 rings (SSSR count). The molecule has 0 spiro atoms. The smallest absolute Gasteiger partial charge is 0.317 e. The quantitative estimate of drug-likeness (QED) is 0.292. The van der Waals surface area contributed by atoms with E-state index >= 15 is 0 Å². The van der Waals surface area contributed by atoms with Crippen molar-refractivity contribution in [3.63, 3.8) is 0 Å². The molecule has 0 aliphatic heterocycles. The third-order valence-corrected chi connectivity index (χ3v) is 4.07. The number of allylic oxidation sites excluding steroid dienone is 1. The van der Waals surface area contributed by atoms with E-state index in [0.717, 1.165) is 25.5 Å². The van der Waals surface area contributed by atoms with Gasteiger partial charge < -0.3 is 25.4 Å². The largest absolute Gasteiger partial charge is 0.394 e. The van der Waals surface area contributed by atoms with Crippen molar-refractivity contribution >= 4 is 18.7 Å². The normalized spacial score (nSPS) is 24.0. The van der Waals surface area contributed by atoms with Crippen molar-refractivity contribution in [2.75, 3.05) is 20.2 Å². The Morgan fingerprint density at radius 2 is 2.17 bits per heavy atom. The molecule has 1 aliphatic rings. The number of hydrogen-bond acceptors (Lipinski definition) is 4. The lowest BCUT2D eigenvalue weighted by atomic mass is 10.2. The van der Waals surface area contributed by atoms with Gasteiger partial charge in [-0.3, -0.25) is 4.79 Å². The molecular formula is C16H27N3O4. The molecule has 1 aliphatic carbocycles. The lowest BCUT2D eigenvalue weighted by Gasteiger charge is -2.20. The monoisotopic (exact) mass is 325 g/mol. The Bertz CT molecular complexity index is 441. The van der Waals surface area contributed by atoms with Crippen molar-refractivity contribution in [2.45, 2.75) is 44.2 Å². The topological polar surface area (TPSA) is 98.7 Å². The summed E-state index contributed by atoms with van der Waals surface area (Å²) in [6.07, 6.45) is 8.72. The minimum atomic E-state index is -0.681. The van der Waals surface area contributed by atoms with Gasteiger partial charge in [-0.15, -0.1) is 0 Å². The predicted molar refractivity (Wildman–Crippen MR) is 86.8 cm³/mol. The number of aldehydes is 1. The zero-order chi connectivity index (χ0) is 17.3.